The van der Waals surface area contributed by atoms with Gasteiger partial charge in [-0.25, -0.2) is 4.98 Å². The van der Waals surface area contributed by atoms with E-state index in [1.54, 1.807) is 6.92 Å². The number of nitrogens with zero attached hydrogens (tertiary/aromatic N) is 1. The molecule has 1 aromatic heterocycles. The summed E-state index contributed by atoms with van der Waals surface area (Å²) in [6.07, 6.45) is 0. The van der Waals surface area contributed by atoms with Crippen LogP contribution in [0.5, 0.6) is 0 Å². The maximum Gasteiger partial charge on any atom is 0.213 e. The van der Waals surface area contributed by atoms with Gasteiger partial charge in [0.15, 0.2) is 0 Å². The molecule has 2 heteroatoms. The molecule has 0 unspecified atom stereocenters. The monoisotopic (exact) mass is 155 g/mol. The molecule has 0 aliphatic rings. The van der Waals surface area contributed by atoms with Crippen molar-refractivity contribution in [2.45, 2.75) is 27.7 Å². The Balaban J connectivity index is 0.000000461. The molecule has 0 aromatic carbocycles. The van der Waals surface area contributed by atoms with Gasteiger partial charge < -0.3 is 0 Å². The minimum Gasteiger partial charge on any atom is -0.225 e. The van der Waals surface area contributed by atoms with Crippen LogP contribution in [-0.4, -0.2) is 4.98 Å². The normalized spacial score (nSPS) is 8.45. The highest BCUT2D eigenvalue weighted by atomic mass is 19.1. The summed E-state index contributed by atoms with van der Waals surface area (Å²) in [5, 5.41) is 0. The maximum absolute atomic E-state index is 12.3. The van der Waals surface area contributed by atoms with Gasteiger partial charge in [-0.05, 0) is 31.5 Å². The summed E-state index contributed by atoms with van der Waals surface area (Å²) in [6, 6.07) is 3.25. The van der Waals surface area contributed by atoms with E-state index in [1.165, 1.54) is 6.07 Å². The van der Waals surface area contributed by atoms with E-state index in [0.29, 0.717) is 0 Å². The lowest BCUT2D eigenvalue weighted by molar-refractivity contribution is 0.578. The third-order valence-corrected chi connectivity index (χ3v) is 1.07. The van der Waals surface area contributed by atoms with Crippen LogP contribution in [0.4, 0.5) is 4.39 Å². The third-order valence-electron chi connectivity index (χ3n) is 1.07. The average Bonchev–Trinajstić information content (AvgIpc) is 1.88. The smallest absolute Gasteiger partial charge is 0.213 e. The summed E-state index contributed by atoms with van der Waals surface area (Å²) in [6.45, 7) is 7.62. The summed E-state index contributed by atoms with van der Waals surface area (Å²) in [5.41, 5.74) is 1.65. The average molecular weight is 155 g/mol. The summed E-state index contributed by atoms with van der Waals surface area (Å²) in [7, 11) is 0. The van der Waals surface area contributed by atoms with Crippen LogP contribution in [0.15, 0.2) is 12.1 Å². The Bertz CT molecular complexity index is 170. The van der Waals surface area contributed by atoms with E-state index in [9.17, 15) is 4.39 Å². The predicted octanol–water partition coefficient (Wildman–Crippen LogP) is 2.86. The van der Waals surface area contributed by atoms with Gasteiger partial charge in [-0.2, -0.15) is 4.39 Å². The Labute approximate surface area is 67.3 Å². The van der Waals surface area contributed by atoms with Crippen molar-refractivity contribution in [2.24, 2.45) is 0 Å². The molecule has 0 atom stereocenters. The van der Waals surface area contributed by atoms with Crippen molar-refractivity contribution in [2.75, 3.05) is 0 Å². The zero-order valence-corrected chi connectivity index (χ0v) is 7.48. The largest absolute Gasteiger partial charge is 0.225 e. The van der Waals surface area contributed by atoms with Gasteiger partial charge in [0.05, 0.1) is 0 Å². The molecule has 0 aliphatic carbocycles. The van der Waals surface area contributed by atoms with Crippen molar-refractivity contribution in [1.82, 2.24) is 4.98 Å². The minimum atomic E-state index is -0.396. The van der Waals surface area contributed by atoms with Crippen LogP contribution in [0, 0.1) is 19.8 Å². The van der Waals surface area contributed by atoms with Gasteiger partial charge in [0.25, 0.3) is 0 Å². The van der Waals surface area contributed by atoms with E-state index in [1.807, 2.05) is 26.8 Å². The van der Waals surface area contributed by atoms with Gasteiger partial charge in [-0.1, -0.05) is 13.8 Å². The molecule has 1 aromatic rings. The molecule has 0 aliphatic heterocycles. The number of aryl methyl sites for hydroxylation is 2. The Morgan fingerprint density at radius 2 is 1.73 bits per heavy atom. The van der Waals surface area contributed by atoms with Crippen LogP contribution < -0.4 is 0 Å². The molecular formula is C9H14FN. The third kappa shape index (κ3) is 3.71. The summed E-state index contributed by atoms with van der Waals surface area (Å²) in [4.78, 5) is 3.57. The van der Waals surface area contributed by atoms with Crippen LogP contribution in [-0.2, 0) is 0 Å². The molecule has 0 spiro atoms. The van der Waals surface area contributed by atoms with Crippen molar-refractivity contribution >= 4 is 0 Å². The van der Waals surface area contributed by atoms with Crippen LogP contribution in [0.3, 0.4) is 0 Å². The lowest BCUT2D eigenvalue weighted by atomic mass is 10.2. The fraction of sp³-hybridized carbons (Fsp3) is 0.444. The lowest BCUT2D eigenvalue weighted by Gasteiger charge is -1.93. The van der Waals surface area contributed by atoms with Gasteiger partial charge in [-0.15, -0.1) is 0 Å². The van der Waals surface area contributed by atoms with Crippen molar-refractivity contribution in [3.8, 4) is 0 Å². The predicted molar refractivity (Wildman–Crippen MR) is 45.0 cm³/mol. The van der Waals surface area contributed by atoms with Gasteiger partial charge in [0, 0.05) is 5.69 Å². The lowest BCUT2D eigenvalue weighted by Crippen LogP contribution is -1.86. The molecule has 1 rings (SSSR count). The number of hydrogen-bond donors (Lipinski definition) is 0. The first-order chi connectivity index (χ1) is 5.18. The maximum atomic E-state index is 12.3. The van der Waals surface area contributed by atoms with Crippen LogP contribution in [0.25, 0.3) is 0 Å². The van der Waals surface area contributed by atoms with Crippen molar-refractivity contribution in [3.63, 3.8) is 0 Å². The Hall–Kier alpha value is -0.920. The first kappa shape index (κ1) is 10.1. The van der Waals surface area contributed by atoms with E-state index in [2.05, 4.69) is 4.98 Å². The zero-order valence-electron chi connectivity index (χ0n) is 7.48. The number of halogens is 1. The van der Waals surface area contributed by atoms with Crippen LogP contribution in [0.1, 0.15) is 25.1 Å². The van der Waals surface area contributed by atoms with E-state index >= 15 is 0 Å². The molecule has 11 heavy (non-hydrogen) atoms. The topological polar surface area (TPSA) is 12.9 Å². The van der Waals surface area contributed by atoms with Crippen molar-refractivity contribution < 1.29 is 4.39 Å². The fourth-order valence-electron chi connectivity index (χ4n) is 0.792. The number of hydrogen-bond acceptors (Lipinski definition) is 1. The summed E-state index contributed by atoms with van der Waals surface area (Å²) >= 11 is 0. The molecule has 0 bridgehead atoms. The SMILES string of the molecule is CC.Cc1cc(C)nc(F)c1. The number of pyridine rings is 1. The van der Waals surface area contributed by atoms with Gasteiger partial charge >= 0.3 is 0 Å². The van der Waals surface area contributed by atoms with E-state index in [0.717, 1.165) is 11.3 Å². The zero-order chi connectivity index (χ0) is 8.85. The molecule has 1 heterocycles. The van der Waals surface area contributed by atoms with Gasteiger partial charge in [0.1, 0.15) is 0 Å². The molecule has 62 valence electrons. The Kier molecular flexibility index (Phi) is 4.42. The second-order valence-corrected chi connectivity index (χ2v) is 2.11. The van der Waals surface area contributed by atoms with Crippen molar-refractivity contribution in [3.05, 3.63) is 29.3 Å². The van der Waals surface area contributed by atoms with E-state index in [-0.39, 0.29) is 0 Å². The molecular weight excluding hydrogens is 141 g/mol. The quantitative estimate of drug-likeness (QED) is 0.525. The molecule has 0 radical (unpaired) electrons. The van der Waals surface area contributed by atoms with Crippen LogP contribution in [0.2, 0.25) is 0 Å². The molecule has 0 fully saturated rings. The highest BCUT2D eigenvalue weighted by Gasteiger charge is 1.92. The van der Waals surface area contributed by atoms with Gasteiger partial charge in [0.2, 0.25) is 5.95 Å². The Morgan fingerprint density at radius 3 is 2.09 bits per heavy atom. The second-order valence-electron chi connectivity index (χ2n) is 2.11. The first-order valence-corrected chi connectivity index (χ1v) is 3.79. The van der Waals surface area contributed by atoms with E-state index in [4.69, 9.17) is 0 Å². The molecule has 0 saturated heterocycles. The highest BCUT2D eigenvalue weighted by molar-refractivity contribution is 5.13. The molecule has 0 N–H and O–H groups in total. The minimum absolute atomic E-state index is 0.396. The second kappa shape index (κ2) is 4.83. The van der Waals surface area contributed by atoms with Crippen molar-refractivity contribution in [1.29, 1.82) is 0 Å². The first-order valence-electron chi connectivity index (χ1n) is 3.79. The molecule has 0 amide bonds. The Morgan fingerprint density at radius 1 is 1.18 bits per heavy atom. The standard InChI is InChI=1S/C7H8FN.C2H6/c1-5-3-6(2)9-7(8)4-5;1-2/h3-4H,1-2H3;1-2H3. The number of aromatic nitrogens is 1. The van der Waals surface area contributed by atoms with Crippen LogP contribution >= 0.6 is 0 Å². The molecule has 0 saturated carbocycles. The van der Waals surface area contributed by atoms with E-state index < -0.39 is 5.95 Å². The summed E-state index contributed by atoms with van der Waals surface area (Å²) < 4.78 is 12.3. The number of rotatable bonds is 0. The molecule has 1 nitrogen and oxygen atoms in total. The van der Waals surface area contributed by atoms with Gasteiger partial charge in [-0.3, -0.25) is 0 Å². The summed E-state index contributed by atoms with van der Waals surface area (Å²) in [5.74, 6) is -0.396. The highest BCUT2D eigenvalue weighted by Crippen LogP contribution is 2.01. The fourth-order valence-corrected chi connectivity index (χ4v) is 0.792.